The van der Waals surface area contributed by atoms with Gasteiger partial charge in [0.2, 0.25) is 0 Å². The average Bonchev–Trinajstić information content (AvgIpc) is 2.64. The van der Waals surface area contributed by atoms with Crippen LogP contribution in [0.3, 0.4) is 0 Å². The topological polar surface area (TPSA) is 237 Å². The molecule has 0 unspecified atom stereocenters. The predicted molar refractivity (Wildman–Crippen MR) is 104 cm³/mol. The van der Waals surface area contributed by atoms with Gasteiger partial charge in [-0.3, -0.25) is 0 Å². The molecule has 0 aliphatic heterocycles. The van der Waals surface area contributed by atoms with Crippen LogP contribution in [0.4, 0.5) is 11.4 Å². The fourth-order valence-electron chi connectivity index (χ4n) is 2.77. The molecule has 0 fully saturated rings. The number of hydrogen-bond donors (Lipinski definition) is 4. The summed E-state index contributed by atoms with van der Waals surface area (Å²) in [7, 11) is -10.5. The van der Waals surface area contributed by atoms with Gasteiger partial charge in [-0.15, -0.1) is 0 Å². The van der Waals surface area contributed by atoms with Crippen molar-refractivity contribution in [3.63, 3.8) is 0 Å². The van der Waals surface area contributed by atoms with Crippen LogP contribution in [-0.4, -0.2) is 58.5 Å². The molecule has 0 spiro atoms. The maximum absolute atomic E-state index is 11.7. The Morgan fingerprint density at radius 2 is 1.50 bits per heavy atom. The van der Waals surface area contributed by atoms with Crippen LogP contribution >= 0.6 is 0 Å². The molecule has 170 valence electrons. The number of aromatic hydroxyl groups is 2. The molecule has 0 saturated carbocycles. The second kappa shape index (κ2) is 7.97. The zero-order valence-electron chi connectivity index (χ0n) is 15.3. The first-order chi connectivity index (χ1) is 14.6. The van der Waals surface area contributed by atoms with Crippen molar-refractivity contribution in [2.24, 2.45) is 10.2 Å². The second-order valence-corrected chi connectivity index (χ2v) is 12.3. The standard InChI is InChI=1S/C16H13AsN2O11S2/c20-12-7-9(31(25,26)27)5-8-6-13(32(28,29)30)15(16(21)14(8)12)19-18-11-4-2-1-3-10(11)17(22,23)24/h1-7,20-21H,(H2,22,23,24)(H,25,26,27)(H,28,29,30)/p-2. The van der Waals surface area contributed by atoms with Crippen LogP contribution in [0.15, 0.2) is 62.5 Å². The number of benzene rings is 3. The van der Waals surface area contributed by atoms with E-state index in [0.717, 1.165) is 12.1 Å². The van der Waals surface area contributed by atoms with Gasteiger partial charge >= 0.3 is 183 Å². The van der Waals surface area contributed by atoms with Crippen molar-refractivity contribution in [2.75, 3.05) is 0 Å². The summed E-state index contributed by atoms with van der Waals surface area (Å²) in [6.45, 7) is 0. The summed E-state index contributed by atoms with van der Waals surface area (Å²) >= 11 is -5.49. The Labute approximate surface area is 182 Å². The van der Waals surface area contributed by atoms with Crippen LogP contribution in [0.1, 0.15) is 0 Å². The Morgan fingerprint density at radius 3 is 2.06 bits per heavy atom. The molecular formula is C16H11AsN2O11S2-2. The molecule has 4 N–H and O–H groups in total. The van der Waals surface area contributed by atoms with E-state index in [2.05, 4.69) is 10.2 Å². The second-order valence-electron chi connectivity index (χ2n) is 6.25. The SMILES string of the molecule is O=S(=O)([O-])c1cc(O)c2c(O)c(N=Nc3ccccc3[As](=O)(O)O)c(S(=O)(=O)[O-])cc2c1. The van der Waals surface area contributed by atoms with Crippen molar-refractivity contribution in [3.8, 4) is 11.5 Å². The van der Waals surface area contributed by atoms with Crippen molar-refractivity contribution >= 4 is 60.9 Å². The molecule has 32 heavy (non-hydrogen) atoms. The van der Waals surface area contributed by atoms with Crippen molar-refractivity contribution in [1.29, 1.82) is 0 Å². The van der Waals surface area contributed by atoms with Gasteiger partial charge in [-0.1, -0.05) is 0 Å². The van der Waals surface area contributed by atoms with E-state index < -0.39 is 76.5 Å². The summed E-state index contributed by atoms with van der Waals surface area (Å²) in [4.78, 5) is -2.15. The average molecular weight is 546 g/mol. The number of rotatable bonds is 5. The molecule has 0 amide bonds. The first kappa shape index (κ1) is 23.9. The van der Waals surface area contributed by atoms with Gasteiger partial charge in [-0.05, 0) is 0 Å². The first-order valence-electron chi connectivity index (χ1n) is 8.12. The minimum absolute atomic E-state index is 0.384. The van der Waals surface area contributed by atoms with E-state index in [4.69, 9.17) is 0 Å². The summed E-state index contributed by atoms with van der Waals surface area (Å²) in [6, 6.07) is 6.53. The number of hydrogen-bond acceptors (Lipinski definition) is 11. The molecule has 0 aromatic heterocycles. The Bertz CT molecular complexity index is 1540. The monoisotopic (exact) mass is 546 g/mol. The zero-order chi connectivity index (χ0) is 24.1. The molecule has 0 saturated heterocycles. The van der Waals surface area contributed by atoms with Crippen molar-refractivity contribution in [1.82, 2.24) is 0 Å². The number of fused-ring (bicyclic) bond motifs is 1. The molecule has 0 atom stereocenters. The van der Waals surface area contributed by atoms with Crippen molar-refractivity contribution < 1.29 is 48.1 Å². The van der Waals surface area contributed by atoms with E-state index in [0.29, 0.717) is 18.2 Å². The van der Waals surface area contributed by atoms with Gasteiger partial charge in [0.15, 0.2) is 0 Å². The van der Waals surface area contributed by atoms with Crippen LogP contribution in [0.25, 0.3) is 10.8 Å². The molecule has 13 nitrogen and oxygen atoms in total. The molecule has 3 rings (SSSR count). The Balaban J connectivity index is 2.35. The molecule has 0 aliphatic carbocycles. The van der Waals surface area contributed by atoms with Crippen LogP contribution in [0.2, 0.25) is 0 Å². The van der Waals surface area contributed by atoms with E-state index >= 15 is 0 Å². The molecule has 0 radical (unpaired) electrons. The minimum atomic E-state index is -5.49. The summed E-state index contributed by atoms with van der Waals surface area (Å²) < 4.78 is 98.9. The van der Waals surface area contributed by atoms with Gasteiger partial charge in [0, 0.05) is 0 Å². The van der Waals surface area contributed by atoms with Gasteiger partial charge in [-0.2, -0.15) is 0 Å². The summed E-state index contributed by atoms with van der Waals surface area (Å²) in [5.41, 5.74) is -1.36. The molecular weight excluding hydrogens is 535 g/mol. The fourth-order valence-corrected chi connectivity index (χ4v) is 5.41. The third-order valence-corrected chi connectivity index (χ3v) is 7.89. The molecule has 0 bridgehead atoms. The van der Waals surface area contributed by atoms with E-state index in [1.54, 1.807) is 0 Å². The van der Waals surface area contributed by atoms with Gasteiger partial charge in [0.1, 0.15) is 0 Å². The maximum atomic E-state index is 11.7. The normalized spacial score (nSPS) is 13.1. The van der Waals surface area contributed by atoms with E-state index in [-0.39, 0.29) is 5.69 Å². The quantitative estimate of drug-likeness (QED) is 0.189. The molecule has 3 aromatic rings. The van der Waals surface area contributed by atoms with Crippen LogP contribution in [-0.2, 0) is 24.0 Å². The Morgan fingerprint density at radius 1 is 0.875 bits per heavy atom. The number of phenols is 2. The summed E-state index contributed by atoms with van der Waals surface area (Å²) in [5, 5.41) is 26.5. The predicted octanol–water partition coefficient (Wildman–Crippen LogP) is 0.0356. The fraction of sp³-hybridized carbons (Fsp3) is 0. The van der Waals surface area contributed by atoms with E-state index in [1.165, 1.54) is 12.1 Å². The Kier molecular flexibility index (Phi) is 5.95. The van der Waals surface area contributed by atoms with Gasteiger partial charge in [0.25, 0.3) is 0 Å². The summed E-state index contributed by atoms with van der Waals surface area (Å²) in [6.07, 6.45) is 0. The molecule has 3 aromatic carbocycles. The zero-order valence-corrected chi connectivity index (χ0v) is 18.9. The number of azo groups is 1. The van der Waals surface area contributed by atoms with Gasteiger partial charge in [-0.25, -0.2) is 0 Å². The summed E-state index contributed by atoms with van der Waals surface area (Å²) in [5.74, 6) is -2.05. The molecule has 16 heteroatoms. The van der Waals surface area contributed by atoms with Crippen LogP contribution in [0.5, 0.6) is 11.5 Å². The first-order valence-corrected chi connectivity index (χ1v) is 14.3. The van der Waals surface area contributed by atoms with Gasteiger partial charge < -0.3 is 0 Å². The third-order valence-electron chi connectivity index (χ3n) is 4.11. The van der Waals surface area contributed by atoms with E-state index in [1.807, 2.05) is 0 Å². The van der Waals surface area contributed by atoms with Gasteiger partial charge in [0.05, 0.1) is 0 Å². The molecule has 0 heterocycles. The van der Waals surface area contributed by atoms with Crippen LogP contribution < -0.4 is 4.35 Å². The third kappa shape index (κ3) is 4.68. The van der Waals surface area contributed by atoms with E-state index in [9.17, 15) is 48.1 Å². The number of phenolic OH excluding ortho intramolecular Hbond substituents is 2. The molecule has 0 aliphatic rings. The van der Waals surface area contributed by atoms with Crippen molar-refractivity contribution in [3.05, 3.63) is 42.5 Å². The van der Waals surface area contributed by atoms with Crippen molar-refractivity contribution in [2.45, 2.75) is 9.79 Å². The van der Waals surface area contributed by atoms with Crippen LogP contribution in [0, 0.1) is 0 Å². The Hall–Kier alpha value is -2.78. The number of nitrogens with zero attached hydrogens (tertiary/aromatic N) is 2.